The van der Waals surface area contributed by atoms with E-state index in [2.05, 4.69) is 40.3 Å². The molecule has 1 N–H and O–H groups in total. The molecule has 0 atom stereocenters. The Kier molecular flexibility index (Phi) is 3.51. The van der Waals surface area contributed by atoms with Gasteiger partial charge in [0.2, 0.25) is 0 Å². The summed E-state index contributed by atoms with van der Waals surface area (Å²) in [6.07, 6.45) is 1.01. The lowest BCUT2D eigenvalue weighted by Crippen LogP contribution is -2.05. The van der Waals surface area contributed by atoms with E-state index >= 15 is 0 Å². The number of hydrogen-bond acceptors (Lipinski definition) is 3. The van der Waals surface area contributed by atoms with Gasteiger partial charge in [-0.15, -0.1) is 11.3 Å². The van der Waals surface area contributed by atoms with E-state index in [1.54, 1.807) is 11.3 Å². The fourth-order valence-corrected chi connectivity index (χ4v) is 4.47. The van der Waals surface area contributed by atoms with Crippen molar-refractivity contribution in [2.24, 2.45) is 0 Å². The van der Waals surface area contributed by atoms with Gasteiger partial charge in [0.25, 0.3) is 0 Å². The number of nitrogens with zero attached hydrogens (tertiary/aromatic N) is 2. The summed E-state index contributed by atoms with van der Waals surface area (Å²) in [6.45, 7) is 3.02. The Morgan fingerprint density at radius 3 is 2.91 bits per heavy atom. The minimum absolute atomic E-state index is 0.750. The first kappa shape index (κ1) is 14.3. The van der Waals surface area contributed by atoms with Crippen LogP contribution in [0.4, 0.5) is 5.82 Å². The molecule has 0 saturated heterocycles. The molecule has 6 heteroatoms. The zero-order chi connectivity index (χ0) is 15.3. The van der Waals surface area contributed by atoms with E-state index in [0.29, 0.717) is 0 Å². The van der Waals surface area contributed by atoms with Gasteiger partial charge in [-0.3, -0.25) is 0 Å². The monoisotopic (exact) mass is 393 g/mol. The average molecular weight is 395 g/mol. The van der Waals surface area contributed by atoms with Gasteiger partial charge >= 0.3 is 0 Å². The van der Waals surface area contributed by atoms with Crippen molar-refractivity contribution < 1.29 is 0 Å². The smallest absolute Gasteiger partial charge is 0.133 e. The number of hydrogen-bond donors (Lipinski definition) is 1. The highest BCUT2D eigenvalue weighted by atomic mass is 79.9. The standard InChI is InChI=1S/C16H13BrClN3S/c1-9-8-10(18)2-3-12(9)21-16-11(6-7-19-16)15(20-21)13-4-5-14(17)22-13/h2-5,8,19H,6-7H2,1H3. The number of anilines is 1. The summed E-state index contributed by atoms with van der Waals surface area (Å²) in [5, 5.41) is 9.09. The van der Waals surface area contributed by atoms with Crippen molar-refractivity contribution in [3.8, 4) is 16.3 Å². The number of fused-ring (bicyclic) bond motifs is 1. The maximum absolute atomic E-state index is 6.08. The highest BCUT2D eigenvalue weighted by Gasteiger charge is 2.25. The Hall–Kier alpha value is -1.30. The van der Waals surface area contributed by atoms with E-state index in [1.807, 2.05) is 22.9 Å². The highest BCUT2D eigenvalue weighted by Crippen LogP contribution is 2.39. The lowest BCUT2D eigenvalue weighted by molar-refractivity contribution is 0.876. The maximum Gasteiger partial charge on any atom is 0.133 e. The predicted molar refractivity (Wildman–Crippen MR) is 96.5 cm³/mol. The van der Waals surface area contributed by atoms with Crippen molar-refractivity contribution in [1.82, 2.24) is 9.78 Å². The third kappa shape index (κ3) is 2.28. The Morgan fingerprint density at radius 1 is 1.32 bits per heavy atom. The van der Waals surface area contributed by atoms with Crippen LogP contribution in [0.2, 0.25) is 5.02 Å². The van der Waals surface area contributed by atoms with Gasteiger partial charge in [0.05, 0.1) is 14.4 Å². The van der Waals surface area contributed by atoms with E-state index in [9.17, 15) is 0 Å². The quantitative estimate of drug-likeness (QED) is 0.640. The summed E-state index contributed by atoms with van der Waals surface area (Å²) in [5.74, 6) is 1.10. The largest absolute Gasteiger partial charge is 0.369 e. The Morgan fingerprint density at radius 2 is 2.18 bits per heavy atom. The summed E-state index contributed by atoms with van der Waals surface area (Å²) < 4.78 is 3.14. The molecule has 3 nitrogen and oxygen atoms in total. The fraction of sp³-hybridized carbons (Fsp3) is 0.188. The summed E-state index contributed by atoms with van der Waals surface area (Å²) in [5.41, 5.74) is 4.55. The highest BCUT2D eigenvalue weighted by molar-refractivity contribution is 9.11. The van der Waals surface area contributed by atoms with Gasteiger partial charge < -0.3 is 5.32 Å². The number of halogens is 2. The molecule has 3 aromatic rings. The average Bonchev–Trinajstić information content (AvgIpc) is 3.15. The second-order valence-electron chi connectivity index (χ2n) is 5.30. The summed E-state index contributed by atoms with van der Waals surface area (Å²) in [7, 11) is 0. The molecule has 0 radical (unpaired) electrons. The predicted octanol–water partition coefficient (Wildman–Crippen LogP) is 5.29. The van der Waals surface area contributed by atoms with E-state index < -0.39 is 0 Å². The molecule has 1 aliphatic heterocycles. The number of aryl methyl sites for hydroxylation is 1. The van der Waals surface area contributed by atoms with Gasteiger partial charge in [0.15, 0.2) is 0 Å². The zero-order valence-corrected chi connectivity index (χ0v) is 15.0. The number of thiophene rings is 1. The van der Waals surface area contributed by atoms with E-state index in [1.165, 1.54) is 10.4 Å². The molecular formula is C16H13BrClN3S. The van der Waals surface area contributed by atoms with Crippen LogP contribution in [-0.4, -0.2) is 16.3 Å². The van der Waals surface area contributed by atoms with E-state index in [4.69, 9.17) is 16.7 Å². The number of rotatable bonds is 2. The molecule has 1 aliphatic rings. The normalized spacial score (nSPS) is 13.2. The lowest BCUT2D eigenvalue weighted by atomic mass is 10.2. The van der Waals surface area contributed by atoms with Gasteiger partial charge in [0, 0.05) is 17.1 Å². The second kappa shape index (κ2) is 5.41. The third-order valence-corrected chi connectivity index (χ3v) is 5.71. The molecule has 2 aromatic heterocycles. The number of aromatic nitrogens is 2. The van der Waals surface area contributed by atoms with Crippen molar-refractivity contribution in [1.29, 1.82) is 0 Å². The number of benzene rings is 1. The first-order chi connectivity index (χ1) is 10.6. The molecule has 0 fully saturated rings. The van der Waals surface area contributed by atoms with Crippen LogP contribution in [0.1, 0.15) is 11.1 Å². The van der Waals surface area contributed by atoms with Crippen molar-refractivity contribution in [3.05, 3.63) is 50.3 Å². The van der Waals surface area contributed by atoms with Gasteiger partial charge in [-0.05, 0) is 65.2 Å². The third-order valence-electron chi connectivity index (χ3n) is 3.84. The van der Waals surface area contributed by atoms with E-state index in [0.717, 1.165) is 44.5 Å². The maximum atomic E-state index is 6.08. The molecular weight excluding hydrogens is 382 g/mol. The first-order valence-corrected chi connectivity index (χ1v) is 9.00. The van der Waals surface area contributed by atoms with Gasteiger partial charge in [-0.25, -0.2) is 4.68 Å². The molecule has 1 aromatic carbocycles. The van der Waals surface area contributed by atoms with Crippen LogP contribution in [0.5, 0.6) is 0 Å². The molecule has 112 valence electrons. The zero-order valence-electron chi connectivity index (χ0n) is 11.9. The topological polar surface area (TPSA) is 29.9 Å². The molecule has 0 unspecified atom stereocenters. The first-order valence-electron chi connectivity index (χ1n) is 7.01. The Bertz CT molecular complexity index is 868. The Balaban J connectivity index is 1.91. The molecule has 4 rings (SSSR count). The minimum Gasteiger partial charge on any atom is -0.369 e. The summed E-state index contributed by atoms with van der Waals surface area (Å²) >= 11 is 11.3. The second-order valence-corrected chi connectivity index (χ2v) is 8.20. The molecule has 0 bridgehead atoms. The van der Waals surface area contributed by atoms with Crippen molar-refractivity contribution in [2.75, 3.05) is 11.9 Å². The minimum atomic E-state index is 0.750. The molecule has 3 heterocycles. The van der Waals surface area contributed by atoms with E-state index in [-0.39, 0.29) is 0 Å². The molecule has 0 saturated carbocycles. The van der Waals surface area contributed by atoms with Crippen LogP contribution in [0.3, 0.4) is 0 Å². The number of nitrogens with one attached hydrogen (secondary N) is 1. The van der Waals surface area contributed by atoms with Crippen molar-refractivity contribution in [3.63, 3.8) is 0 Å². The van der Waals surface area contributed by atoms with Crippen LogP contribution in [0.15, 0.2) is 34.1 Å². The SMILES string of the molecule is Cc1cc(Cl)ccc1-n1nc(-c2ccc(Br)s2)c2c1NCC2. The van der Waals surface area contributed by atoms with Gasteiger partial charge in [-0.1, -0.05) is 11.6 Å². The fourth-order valence-electron chi connectivity index (χ4n) is 2.85. The summed E-state index contributed by atoms with van der Waals surface area (Å²) in [6, 6.07) is 10.1. The van der Waals surface area contributed by atoms with Crippen LogP contribution in [-0.2, 0) is 6.42 Å². The lowest BCUT2D eigenvalue weighted by Gasteiger charge is -2.09. The van der Waals surface area contributed by atoms with Crippen molar-refractivity contribution in [2.45, 2.75) is 13.3 Å². The van der Waals surface area contributed by atoms with Crippen LogP contribution in [0.25, 0.3) is 16.3 Å². The van der Waals surface area contributed by atoms with Gasteiger partial charge in [0.1, 0.15) is 11.5 Å². The molecule has 0 aliphatic carbocycles. The molecule has 22 heavy (non-hydrogen) atoms. The Labute approximate surface area is 146 Å². The van der Waals surface area contributed by atoms with Crippen LogP contribution < -0.4 is 5.32 Å². The van der Waals surface area contributed by atoms with Crippen LogP contribution in [0, 0.1) is 6.92 Å². The summed E-state index contributed by atoms with van der Waals surface area (Å²) in [4.78, 5) is 1.19. The van der Waals surface area contributed by atoms with Crippen LogP contribution >= 0.6 is 38.9 Å². The molecule has 0 amide bonds. The van der Waals surface area contributed by atoms with Crippen molar-refractivity contribution >= 4 is 44.7 Å². The van der Waals surface area contributed by atoms with Gasteiger partial charge in [-0.2, -0.15) is 5.10 Å². The molecule has 0 spiro atoms.